The molecule has 4 aromatic heterocycles. The molecule has 0 saturated carbocycles. The van der Waals surface area contributed by atoms with Gasteiger partial charge in [0.25, 0.3) is 0 Å². The van der Waals surface area contributed by atoms with E-state index in [1.807, 2.05) is 6.07 Å². The number of hydrogen-bond donors (Lipinski definition) is 0. The Morgan fingerprint density at radius 2 is 1.25 bits per heavy atom. The molecule has 0 fully saturated rings. The molecule has 10 aromatic rings. The van der Waals surface area contributed by atoms with Crippen molar-refractivity contribution in [2.45, 2.75) is 45.4 Å². The number of hydrogen-bond acceptors (Lipinski definition) is 1. The SMILES string of the molecule is CCc1ccc2c(c1)c1c3c4cc(-n5c6c(c7c5CCC=C7)C(C)CC=C6)ccc4n(-c4ccccc4)c3ccc1n2-c1ccc2oc3ccccc3c2c1. The van der Waals surface area contributed by atoms with Crippen LogP contribution in [-0.4, -0.2) is 13.7 Å². The molecular formula is C51H39N3O. The van der Waals surface area contributed by atoms with Crippen molar-refractivity contribution in [2.75, 3.05) is 0 Å². The van der Waals surface area contributed by atoms with Crippen molar-refractivity contribution in [2.24, 2.45) is 0 Å². The van der Waals surface area contributed by atoms with Crippen LogP contribution in [0.5, 0.6) is 0 Å². The van der Waals surface area contributed by atoms with Crippen molar-refractivity contribution in [1.82, 2.24) is 13.7 Å². The highest BCUT2D eigenvalue weighted by Crippen LogP contribution is 2.45. The lowest BCUT2D eigenvalue weighted by Crippen LogP contribution is -2.05. The summed E-state index contributed by atoms with van der Waals surface area (Å²) in [4.78, 5) is 0. The highest BCUT2D eigenvalue weighted by Gasteiger charge is 2.28. The first kappa shape index (κ1) is 30.9. The molecule has 1 unspecified atom stereocenters. The highest BCUT2D eigenvalue weighted by atomic mass is 16.3. The second kappa shape index (κ2) is 11.5. The van der Waals surface area contributed by atoms with Gasteiger partial charge < -0.3 is 18.1 Å². The number of fused-ring (bicyclic) bond motifs is 13. The van der Waals surface area contributed by atoms with Crippen LogP contribution in [0.15, 0.2) is 138 Å². The number of para-hydroxylation sites is 2. The van der Waals surface area contributed by atoms with Gasteiger partial charge in [-0.2, -0.15) is 0 Å². The van der Waals surface area contributed by atoms with Gasteiger partial charge in [-0.1, -0.05) is 74.5 Å². The predicted molar refractivity (Wildman–Crippen MR) is 231 cm³/mol. The third-order valence-electron chi connectivity index (χ3n) is 12.5. The minimum Gasteiger partial charge on any atom is -0.456 e. The van der Waals surface area contributed by atoms with E-state index in [1.165, 1.54) is 83.1 Å². The summed E-state index contributed by atoms with van der Waals surface area (Å²) in [5, 5.41) is 7.43. The molecule has 264 valence electrons. The Labute approximate surface area is 318 Å². The molecule has 4 heterocycles. The van der Waals surface area contributed by atoms with Crippen LogP contribution in [0, 0.1) is 0 Å². The third-order valence-corrected chi connectivity index (χ3v) is 12.5. The smallest absolute Gasteiger partial charge is 0.135 e. The van der Waals surface area contributed by atoms with Crippen molar-refractivity contribution in [3.63, 3.8) is 0 Å². The molecule has 12 rings (SSSR count). The molecule has 0 bridgehead atoms. The quantitative estimate of drug-likeness (QED) is 0.179. The molecule has 55 heavy (non-hydrogen) atoms. The first-order valence-corrected chi connectivity index (χ1v) is 19.8. The van der Waals surface area contributed by atoms with E-state index in [0.29, 0.717) is 5.92 Å². The average Bonchev–Trinajstić information content (AvgIpc) is 3.97. The summed E-state index contributed by atoms with van der Waals surface area (Å²) in [7, 11) is 0. The van der Waals surface area contributed by atoms with Gasteiger partial charge in [0.2, 0.25) is 0 Å². The Kier molecular flexibility index (Phi) is 6.45. The number of aryl methyl sites for hydroxylation is 1. The molecule has 2 aliphatic carbocycles. The number of allylic oxidation sites excluding steroid dienone is 2. The Hall–Kier alpha value is -6.52. The lowest BCUT2D eigenvalue weighted by molar-refractivity contribution is 0.669. The Bertz CT molecular complexity index is 3290. The minimum atomic E-state index is 0.499. The van der Waals surface area contributed by atoms with Gasteiger partial charge in [-0.25, -0.2) is 0 Å². The van der Waals surface area contributed by atoms with Gasteiger partial charge in [0.15, 0.2) is 0 Å². The van der Waals surface area contributed by atoms with Gasteiger partial charge in [0.1, 0.15) is 11.2 Å². The van der Waals surface area contributed by atoms with Crippen LogP contribution in [0.25, 0.3) is 94.8 Å². The van der Waals surface area contributed by atoms with Gasteiger partial charge in [0.05, 0.1) is 22.1 Å². The van der Waals surface area contributed by atoms with E-state index in [-0.39, 0.29) is 0 Å². The predicted octanol–water partition coefficient (Wildman–Crippen LogP) is 13.6. The molecule has 0 amide bonds. The molecule has 0 radical (unpaired) electrons. The summed E-state index contributed by atoms with van der Waals surface area (Å²) in [6.07, 6.45) is 13.7. The second-order valence-corrected chi connectivity index (χ2v) is 15.5. The Balaban J connectivity index is 1.22. The number of furan rings is 1. The summed E-state index contributed by atoms with van der Waals surface area (Å²) in [5.41, 5.74) is 17.3. The van der Waals surface area contributed by atoms with Crippen molar-refractivity contribution in [1.29, 1.82) is 0 Å². The average molecular weight is 710 g/mol. The molecule has 2 aliphatic rings. The van der Waals surface area contributed by atoms with E-state index in [1.54, 1.807) is 0 Å². The first-order valence-electron chi connectivity index (χ1n) is 19.8. The Morgan fingerprint density at radius 3 is 2.09 bits per heavy atom. The minimum absolute atomic E-state index is 0.499. The summed E-state index contributed by atoms with van der Waals surface area (Å²) in [6, 6.07) is 44.9. The zero-order valence-electron chi connectivity index (χ0n) is 31.0. The lowest BCUT2D eigenvalue weighted by Gasteiger charge is -2.17. The molecule has 0 aliphatic heterocycles. The number of rotatable bonds is 4. The van der Waals surface area contributed by atoms with Gasteiger partial charge in [-0.15, -0.1) is 0 Å². The van der Waals surface area contributed by atoms with Gasteiger partial charge in [-0.05, 0) is 133 Å². The van der Waals surface area contributed by atoms with Gasteiger partial charge in [0, 0.05) is 60.8 Å². The van der Waals surface area contributed by atoms with Crippen LogP contribution in [0.4, 0.5) is 0 Å². The van der Waals surface area contributed by atoms with E-state index < -0.39 is 0 Å². The fourth-order valence-corrected chi connectivity index (χ4v) is 10.0. The molecule has 0 saturated heterocycles. The fourth-order valence-electron chi connectivity index (χ4n) is 10.0. The van der Waals surface area contributed by atoms with Crippen molar-refractivity contribution in [3.05, 3.63) is 162 Å². The van der Waals surface area contributed by atoms with E-state index in [4.69, 9.17) is 4.42 Å². The maximum absolute atomic E-state index is 6.28. The molecule has 0 spiro atoms. The first-order chi connectivity index (χ1) is 27.2. The summed E-state index contributed by atoms with van der Waals surface area (Å²) >= 11 is 0. The van der Waals surface area contributed by atoms with E-state index in [0.717, 1.165) is 53.3 Å². The maximum atomic E-state index is 6.28. The zero-order chi connectivity index (χ0) is 36.4. The second-order valence-electron chi connectivity index (χ2n) is 15.5. The summed E-state index contributed by atoms with van der Waals surface area (Å²) in [5.74, 6) is 0.499. The van der Waals surface area contributed by atoms with E-state index >= 15 is 0 Å². The number of nitrogens with zero attached hydrogens (tertiary/aromatic N) is 3. The zero-order valence-corrected chi connectivity index (χ0v) is 31.0. The van der Waals surface area contributed by atoms with Crippen LogP contribution in [0.2, 0.25) is 0 Å². The van der Waals surface area contributed by atoms with Crippen LogP contribution >= 0.6 is 0 Å². The van der Waals surface area contributed by atoms with Crippen molar-refractivity contribution < 1.29 is 4.42 Å². The fraction of sp³-hybridized carbons (Fsp3) is 0.137. The number of benzene rings is 6. The summed E-state index contributed by atoms with van der Waals surface area (Å²) in [6.45, 7) is 4.64. The third kappa shape index (κ3) is 4.28. The monoisotopic (exact) mass is 709 g/mol. The van der Waals surface area contributed by atoms with Gasteiger partial charge in [-0.3, -0.25) is 0 Å². The highest BCUT2D eigenvalue weighted by molar-refractivity contribution is 6.29. The van der Waals surface area contributed by atoms with Crippen LogP contribution in [0.1, 0.15) is 60.7 Å². The molecule has 0 N–H and O–H groups in total. The molecule has 4 nitrogen and oxygen atoms in total. The lowest BCUT2D eigenvalue weighted by atomic mass is 9.88. The normalized spacial score (nSPS) is 15.3. The molecule has 4 heteroatoms. The topological polar surface area (TPSA) is 27.9 Å². The van der Waals surface area contributed by atoms with Gasteiger partial charge >= 0.3 is 0 Å². The van der Waals surface area contributed by atoms with Crippen molar-refractivity contribution in [3.8, 4) is 17.1 Å². The molecule has 1 atom stereocenters. The standard InChI is InChI=1S/C51H39N3O/c1-3-32-20-23-42-39(28-32)50-46(54(42)35-22-27-48-38(29-35)36-15-8-10-19-47(36)55-48)26-25-45-51(50)40-30-34(21-24-43(40)52(45)33-13-5-4-6-14-33)53-41-17-9-7-16-37(41)49-31(2)12-11-18-44(49)53/h4-8,10-11,13-16,18-31H,3,9,12,17H2,1-2H3. The van der Waals surface area contributed by atoms with Crippen LogP contribution in [0.3, 0.4) is 0 Å². The Morgan fingerprint density at radius 1 is 0.582 bits per heavy atom. The maximum Gasteiger partial charge on any atom is 0.135 e. The van der Waals surface area contributed by atoms with Crippen molar-refractivity contribution >= 4 is 77.7 Å². The number of aromatic nitrogens is 3. The van der Waals surface area contributed by atoms with Crippen LogP contribution < -0.4 is 0 Å². The largest absolute Gasteiger partial charge is 0.456 e. The van der Waals surface area contributed by atoms with E-state index in [9.17, 15) is 0 Å². The summed E-state index contributed by atoms with van der Waals surface area (Å²) < 4.78 is 13.8. The van der Waals surface area contributed by atoms with Crippen LogP contribution in [-0.2, 0) is 12.8 Å². The molecule has 6 aromatic carbocycles. The van der Waals surface area contributed by atoms with E-state index in [2.05, 4.69) is 167 Å². The molecular weight excluding hydrogens is 671 g/mol.